The van der Waals surface area contributed by atoms with E-state index < -0.39 is 0 Å². The lowest BCUT2D eigenvalue weighted by atomic mass is 10.1. The van der Waals surface area contributed by atoms with Gasteiger partial charge in [-0.2, -0.15) is 5.10 Å². The van der Waals surface area contributed by atoms with E-state index in [1.54, 1.807) is 4.68 Å². The predicted octanol–water partition coefficient (Wildman–Crippen LogP) is 1.90. The number of rotatable bonds is 6. The molecule has 0 aromatic carbocycles. The first-order valence-electron chi connectivity index (χ1n) is 5.39. The molecule has 1 N–H and O–H groups in total. The zero-order valence-corrected chi connectivity index (χ0v) is 9.11. The van der Waals surface area contributed by atoms with Crippen molar-refractivity contribution in [3.8, 4) is 0 Å². The normalized spacial score (nSPS) is 13.1. The summed E-state index contributed by atoms with van der Waals surface area (Å²) in [5.41, 5.74) is 0.983. The van der Waals surface area contributed by atoms with E-state index in [-0.39, 0.29) is 6.10 Å². The molecule has 3 nitrogen and oxygen atoms in total. The third kappa shape index (κ3) is 3.92. The third-order valence-corrected chi connectivity index (χ3v) is 2.35. The standard InChI is InChI=1S/C11H20N2O/c1-3-4-5-6-11(14)9-10-7-8-13(2)12-10/h7-8,11,14H,3-6,9H2,1-2H3. The van der Waals surface area contributed by atoms with E-state index >= 15 is 0 Å². The van der Waals surface area contributed by atoms with Crippen molar-refractivity contribution in [3.63, 3.8) is 0 Å². The lowest BCUT2D eigenvalue weighted by molar-refractivity contribution is 0.160. The second kappa shape index (κ2) is 5.81. The topological polar surface area (TPSA) is 38.0 Å². The minimum Gasteiger partial charge on any atom is -0.393 e. The van der Waals surface area contributed by atoms with Gasteiger partial charge in [0.2, 0.25) is 0 Å². The van der Waals surface area contributed by atoms with Gasteiger partial charge in [0.25, 0.3) is 0 Å². The van der Waals surface area contributed by atoms with Gasteiger partial charge in [-0.1, -0.05) is 26.2 Å². The first kappa shape index (κ1) is 11.2. The van der Waals surface area contributed by atoms with Gasteiger partial charge < -0.3 is 5.11 Å². The second-order valence-corrected chi connectivity index (χ2v) is 3.83. The van der Waals surface area contributed by atoms with Gasteiger partial charge in [-0.15, -0.1) is 0 Å². The molecule has 0 fully saturated rings. The van der Waals surface area contributed by atoms with Gasteiger partial charge in [-0.3, -0.25) is 4.68 Å². The van der Waals surface area contributed by atoms with Gasteiger partial charge >= 0.3 is 0 Å². The lowest BCUT2D eigenvalue weighted by Crippen LogP contribution is -2.10. The Bertz CT molecular complexity index is 258. The summed E-state index contributed by atoms with van der Waals surface area (Å²) < 4.78 is 1.77. The number of aliphatic hydroxyl groups excluding tert-OH is 1. The van der Waals surface area contributed by atoms with Crippen LogP contribution in [0.25, 0.3) is 0 Å². The monoisotopic (exact) mass is 196 g/mol. The highest BCUT2D eigenvalue weighted by atomic mass is 16.3. The fourth-order valence-electron chi connectivity index (χ4n) is 1.55. The van der Waals surface area contributed by atoms with E-state index in [1.807, 2.05) is 19.3 Å². The maximum absolute atomic E-state index is 9.69. The van der Waals surface area contributed by atoms with Crippen molar-refractivity contribution in [2.24, 2.45) is 7.05 Å². The van der Waals surface area contributed by atoms with E-state index in [9.17, 15) is 5.11 Å². The van der Waals surface area contributed by atoms with Crippen LogP contribution in [0.3, 0.4) is 0 Å². The van der Waals surface area contributed by atoms with Crippen LogP contribution in [-0.2, 0) is 13.5 Å². The molecular formula is C11H20N2O. The Morgan fingerprint density at radius 3 is 2.86 bits per heavy atom. The molecule has 0 radical (unpaired) electrons. The Morgan fingerprint density at radius 1 is 1.50 bits per heavy atom. The van der Waals surface area contributed by atoms with Crippen LogP contribution in [0.2, 0.25) is 0 Å². The van der Waals surface area contributed by atoms with Crippen LogP contribution in [0.5, 0.6) is 0 Å². The quantitative estimate of drug-likeness (QED) is 0.706. The Hall–Kier alpha value is -0.830. The Balaban J connectivity index is 2.23. The molecule has 0 bridgehead atoms. The van der Waals surface area contributed by atoms with Crippen LogP contribution in [0.15, 0.2) is 12.3 Å². The molecule has 0 aliphatic rings. The van der Waals surface area contributed by atoms with Crippen molar-refractivity contribution in [3.05, 3.63) is 18.0 Å². The molecular weight excluding hydrogens is 176 g/mol. The number of unbranched alkanes of at least 4 members (excludes halogenated alkanes) is 2. The van der Waals surface area contributed by atoms with Gasteiger partial charge in [0.15, 0.2) is 0 Å². The maximum atomic E-state index is 9.69. The van der Waals surface area contributed by atoms with Crippen LogP contribution >= 0.6 is 0 Å². The summed E-state index contributed by atoms with van der Waals surface area (Å²) in [5.74, 6) is 0. The van der Waals surface area contributed by atoms with Gasteiger partial charge in [0.05, 0.1) is 11.8 Å². The molecule has 1 unspecified atom stereocenters. The van der Waals surface area contributed by atoms with Crippen LogP contribution in [0.1, 0.15) is 38.3 Å². The largest absolute Gasteiger partial charge is 0.393 e. The van der Waals surface area contributed by atoms with Crippen LogP contribution < -0.4 is 0 Å². The van der Waals surface area contributed by atoms with Crippen molar-refractivity contribution in [1.82, 2.24) is 9.78 Å². The Morgan fingerprint density at radius 2 is 2.29 bits per heavy atom. The van der Waals surface area contributed by atoms with Crippen molar-refractivity contribution < 1.29 is 5.11 Å². The number of hydrogen-bond donors (Lipinski definition) is 1. The molecule has 0 aliphatic heterocycles. The smallest absolute Gasteiger partial charge is 0.0650 e. The lowest BCUT2D eigenvalue weighted by Gasteiger charge is -2.07. The number of nitrogens with zero attached hydrogens (tertiary/aromatic N) is 2. The summed E-state index contributed by atoms with van der Waals surface area (Å²) in [6, 6.07) is 1.96. The minimum atomic E-state index is -0.226. The molecule has 0 saturated heterocycles. The molecule has 0 saturated carbocycles. The summed E-state index contributed by atoms with van der Waals surface area (Å²) >= 11 is 0. The summed E-state index contributed by atoms with van der Waals surface area (Å²) in [4.78, 5) is 0. The highest BCUT2D eigenvalue weighted by Gasteiger charge is 2.06. The average molecular weight is 196 g/mol. The van der Waals surface area contributed by atoms with Crippen molar-refractivity contribution >= 4 is 0 Å². The number of aryl methyl sites for hydroxylation is 1. The molecule has 0 amide bonds. The summed E-state index contributed by atoms with van der Waals surface area (Å²) in [5, 5.41) is 13.9. The molecule has 1 aromatic heterocycles. The summed E-state index contributed by atoms with van der Waals surface area (Å²) in [6.45, 7) is 2.17. The van der Waals surface area contributed by atoms with Crippen molar-refractivity contribution in [2.45, 2.75) is 45.1 Å². The Kier molecular flexibility index (Phi) is 4.66. The van der Waals surface area contributed by atoms with Crippen molar-refractivity contribution in [1.29, 1.82) is 0 Å². The Labute approximate surface area is 85.8 Å². The third-order valence-electron chi connectivity index (χ3n) is 2.35. The minimum absolute atomic E-state index is 0.226. The van der Waals surface area contributed by atoms with Crippen LogP contribution in [-0.4, -0.2) is 21.0 Å². The van der Waals surface area contributed by atoms with Gasteiger partial charge in [0, 0.05) is 19.7 Å². The first-order valence-corrected chi connectivity index (χ1v) is 5.39. The highest BCUT2D eigenvalue weighted by Crippen LogP contribution is 2.07. The number of aromatic nitrogens is 2. The number of aliphatic hydroxyl groups is 1. The fourth-order valence-corrected chi connectivity index (χ4v) is 1.55. The fraction of sp³-hybridized carbons (Fsp3) is 0.727. The maximum Gasteiger partial charge on any atom is 0.0650 e. The molecule has 0 spiro atoms. The molecule has 3 heteroatoms. The second-order valence-electron chi connectivity index (χ2n) is 3.83. The average Bonchev–Trinajstić information content (AvgIpc) is 2.52. The van der Waals surface area contributed by atoms with Gasteiger partial charge in [-0.05, 0) is 12.5 Å². The van der Waals surface area contributed by atoms with E-state index in [1.165, 1.54) is 12.8 Å². The molecule has 14 heavy (non-hydrogen) atoms. The molecule has 80 valence electrons. The van der Waals surface area contributed by atoms with E-state index in [0.717, 1.165) is 18.5 Å². The highest BCUT2D eigenvalue weighted by molar-refractivity contribution is 4.99. The summed E-state index contributed by atoms with van der Waals surface area (Å²) in [6.07, 6.45) is 6.79. The van der Waals surface area contributed by atoms with E-state index in [2.05, 4.69) is 12.0 Å². The van der Waals surface area contributed by atoms with Gasteiger partial charge in [0.1, 0.15) is 0 Å². The number of hydrogen-bond acceptors (Lipinski definition) is 2. The SMILES string of the molecule is CCCCCC(O)Cc1ccn(C)n1. The van der Waals surface area contributed by atoms with Crippen LogP contribution in [0, 0.1) is 0 Å². The van der Waals surface area contributed by atoms with Gasteiger partial charge in [-0.25, -0.2) is 0 Å². The van der Waals surface area contributed by atoms with E-state index in [4.69, 9.17) is 0 Å². The first-order chi connectivity index (χ1) is 6.72. The van der Waals surface area contributed by atoms with Crippen molar-refractivity contribution in [2.75, 3.05) is 0 Å². The molecule has 1 atom stereocenters. The van der Waals surface area contributed by atoms with E-state index in [0.29, 0.717) is 6.42 Å². The molecule has 0 aliphatic carbocycles. The predicted molar refractivity (Wildman–Crippen MR) is 57.1 cm³/mol. The summed E-state index contributed by atoms with van der Waals surface area (Å²) in [7, 11) is 1.90. The molecule has 1 rings (SSSR count). The zero-order valence-electron chi connectivity index (χ0n) is 9.11. The zero-order chi connectivity index (χ0) is 10.4. The van der Waals surface area contributed by atoms with Crippen LogP contribution in [0.4, 0.5) is 0 Å². The molecule has 1 aromatic rings. The molecule has 1 heterocycles.